The lowest BCUT2D eigenvalue weighted by Gasteiger charge is -2.09. The van der Waals surface area contributed by atoms with Crippen LogP contribution in [0, 0.1) is 0 Å². The molecule has 0 bridgehead atoms. The summed E-state index contributed by atoms with van der Waals surface area (Å²) in [6, 6.07) is 3.57. The maximum Gasteiger partial charge on any atom is 0.270 e. The van der Waals surface area contributed by atoms with Crippen molar-refractivity contribution in [3.05, 3.63) is 29.5 Å². The molecule has 102 valence electrons. The normalized spacial score (nSPS) is 12.3. The van der Waals surface area contributed by atoms with Crippen LogP contribution in [0.3, 0.4) is 0 Å². The second-order valence-electron chi connectivity index (χ2n) is 4.17. The smallest absolute Gasteiger partial charge is 0.270 e. The average molecular weight is 280 g/mol. The second-order valence-corrected chi connectivity index (χ2v) is 5.03. The highest BCUT2D eigenvalue weighted by Gasteiger charge is 2.14. The fraction of sp³-hybridized carbons (Fsp3) is 0.385. The molecule has 1 amide bonds. The van der Waals surface area contributed by atoms with Gasteiger partial charge < -0.3 is 14.8 Å². The Morgan fingerprint density at radius 3 is 3.16 bits per heavy atom. The molecular formula is C13H16N2O3S. The lowest BCUT2D eigenvalue weighted by Crippen LogP contribution is -2.32. The Hall–Kier alpha value is -1.66. The van der Waals surface area contributed by atoms with E-state index in [-0.39, 0.29) is 12.5 Å². The number of amides is 1. The minimum absolute atomic E-state index is 0.250. The molecular weight excluding hydrogens is 264 g/mol. The van der Waals surface area contributed by atoms with Crippen LogP contribution in [-0.2, 0) is 0 Å². The van der Waals surface area contributed by atoms with E-state index in [4.69, 9.17) is 4.42 Å². The molecule has 5 nitrogen and oxygen atoms in total. The van der Waals surface area contributed by atoms with Crippen molar-refractivity contribution < 1.29 is 14.3 Å². The topological polar surface area (TPSA) is 75.4 Å². The third kappa shape index (κ3) is 3.65. The van der Waals surface area contributed by atoms with Gasteiger partial charge in [0, 0.05) is 11.9 Å². The van der Waals surface area contributed by atoms with E-state index in [0.29, 0.717) is 22.9 Å². The first-order chi connectivity index (χ1) is 9.20. The first-order valence-electron chi connectivity index (χ1n) is 6.16. The Labute approximate surface area is 115 Å². The van der Waals surface area contributed by atoms with Gasteiger partial charge in [-0.1, -0.05) is 13.3 Å². The summed E-state index contributed by atoms with van der Waals surface area (Å²) in [6.07, 6.45) is 2.63. The summed E-state index contributed by atoms with van der Waals surface area (Å²) in [7, 11) is 0. The SMILES string of the molecule is CCCC(O)CNC(=O)c1csc(-c2ccco2)n1. The summed E-state index contributed by atoms with van der Waals surface area (Å²) in [4.78, 5) is 16.0. The van der Waals surface area contributed by atoms with Gasteiger partial charge in [-0.2, -0.15) is 0 Å². The summed E-state index contributed by atoms with van der Waals surface area (Å²) >= 11 is 1.35. The zero-order chi connectivity index (χ0) is 13.7. The molecule has 6 heteroatoms. The molecule has 19 heavy (non-hydrogen) atoms. The average Bonchev–Trinajstić information content (AvgIpc) is 3.06. The fourth-order valence-corrected chi connectivity index (χ4v) is 2.39. The molecule has 1 unspecified atom stereocenters. The van der Waals surface area contributed by atoms with E-state index in [9.17, 15) is 9.90 Å². The molecule has 2 aromatic heterocycles. The third-order valence-electron chi connectivity index (χ3n) is 2.59. The van der Waals surface area contributed by atoms with Gasteiger partial charge in [-0.25, -0.2) is 4.98 Å². The first-order valence-corrected chi connectivity index (χ1v) is 7.04. The van der Waals surface area contributed by atoms with E-state index in [1.54, 1.807) is 23.8 Å². The van der Waals surface area contributed by atoms with E-state index < -0.39 is 6.10 Å². The summed E-state index contributed by atoms with van der Waals surface area (Å²) in [5.74, 6) is 0.374. The number of furan rings is 1. The number of thiazole rings is 1. The van der Waals surface area contributed by atoms with Gasteiger partial charge in [-0.3, -0.25) is 4.79 Å². The molecule has 0 aliphatic carbocycles. The van der Waals surface area contributed by atoms with Gasteiger partial charge >= 0.3 is 0 Å². The van der Waals surface area contributed by atoms with Crippen molar-refractivity contribution >= 4 is 17.2 Å². The highest BCUT2D eigenvalue weighted by atomic mass is 32.1. The fourth-order valence-electron chi connectivity index (χ4n) is 1.63. The molecule has 0 saturated heterocycles. The molecule has 0 radical (unpaired) electrons. The summed E-state index contributed by atoms with van der Waals surface area (Å²) in [5.41, 5.74) is 0.347. The number of carbonyl (C=O) groups excluding carboxylic acids is 1. The van der Waals surface area contributed by atoms with E-state index in [1.165, 1.54) is 11.3 Å². The molecule has 2 rings (SSSR count). The van der Waals surface area contributed by atoms with Crippen LogP contribution in [0.15, 0.2) is 28.2 Å². The zero-order valence-corrected chi connectivity index (χ0v) is 11.4. The Balaban J connectivity index is 1.93. The van der Waals surface area contributed by atoms with Gasteiger partial charge in [0.05, 0.1) is 12.4 Å². The van der Waals surface area contributed by atoms with Crippen LogP contribution >= 0.6 is 11.3 Å². The van der Waals surface area contributed by atoms with E-state index >= 15 is 0 Å². The minimum atomic E-state index is -0.503. The summed E-state index contributed by atoms with van der Waals surface area (Å²) in [5, 5.41) is 14.6. The van der Waals surface area contributed by atoms with Crippen LogP contribution in [0.2, 0.25) is 0 Å². The Kier molecular flexibility index (Phi) is 4.70. The maximum atomic E-state index is 11.8. The summed E-state index contributed by atoms with van der Waals surface area (Å²) < 4.78 is 5.22. The highest BCUT2D eigenvalue weighted by Crippen LogP contribution is 2.23. The standard InChI is InChI=1S/C13H16N2O3S/c1-2-4-9(16)7-14-12(17)10-8-19-13(15-10)11-5-3-6-18-11/h3,5-6,8-9,16H,2,4,7H2,1H3,(H,14,17). The number of aliphatic hydroxyl groups is 1. The minimum Gasteiger partial charge on any atom is -0.462 e. The van der Waals surface area contributed by atoms with Crippen LogP contribution < -0.4 is 5.32 Å². The van der Waals surface area contributed by atoms with Gasteiger partial charge in [0.2, 0.25) is 0 Å². The number of nitrogens with zero attached hydrogens (tertiary/aromatic N) is 1. The number of hydrogen-bond acceptors (Lipinski definition) is 5. The maximum absolute atomic E-state index is 11.8. The lowest BCUT2D eigenvalue weighted by molar-refractivity contribution is 0.0906. The number of rotatable bonds is 6. The van der Waals surface area contributed by atoms with Crippen LogP contribution in [0.25, 0.3) is 10.8 Å². The Bertz CT molecular complexity index is 522. The third-order valence-corrected chi connectivity index (χ3v) is 3.45. The van der Waals surface area contributed by atoms with Crippen molar-refractivity contribution in [1.29, 1.82) is 0 Å². The molecule has 0 aliphatic heterocycles. The predicted octanol–water partition coefficient (Wildman–Crippen LogP) is 2.29. The first kappa shape index (κ1) is 13.8. The molecule has 2 N–H and O–H groups in total. The molecule has 0 aromatic carbocycles. The quantitative estimate of drug-likeness (QED) is 0.851. The number of hydrogen-bond donors (Lipinski definition) is 2. The molecule has 1 atom stereocenters. The molecule has 2 heterocycles. The molecule has 0 saturated carbocycles. The van der Waals surface area contributed by atoms with Crippen LogP contribution in [-0.4, -0.2) is 28.6 Å². The van der Waals surface area contributed by atoms with E-state index in [0.717, 1.165) is 6.42 Å². The largest absolute Gasteiger partial charge is 0.462 e. The van der Waals surface area contributed by atoms with Gasteiger partial charge in [0.25, 0.3) is 5.91 Å². The van der Waals surface area contributed by atoms with Crippen molar-refractivity contribution in [3.8, 4) is 10.8 Å². The van der Waals surface area contributed by atoms with Crippen molar-refractivity contribution in [1.82, 2.24) is 10.3 Å². The van der Waals surface area contributed by atoms with E-state index in [1.807, 2.05) is 6.92 Å². The highest BCUT2D eigenvalue weighted by molar-refractivity contribution is 7.13. The van der Waals surface area contributed by atoms with Crippen molar-refractivity contribution in [2.75, 3.05) is 6.54 Å². The Morgan fingerprint density at radius 1 is 1.63 bits per heavy atom. The van der Waals surface area contributed by atoms with Crippen LogP contribution in [0.4, 0.5) is 0 Å². The van der Waals surface area contributed by atoms with Crippen LogP contribution in [0.5, 0.6) is 0 Å². The summed E-state index contributed by atoms with van der Waals surface area (Å²) in [6.45, 7) is 2.24. The number of carbonyl (C=O) groups is 1. The van der Waals surface area contributed by atoms with Crippen molar-refractivity contribution in [2.45, 2.75) is 25.9 Å². The van der Waals surface area contributed by atoms with Crippen LogP contribution in [0.1, 0.15) is 30.3 Å². The second kappa shape index (κ2) is 6.49. The van der Waals surface area contributed by atoms with Gasteiger partial charge in [-0.15, -0.1) is 11.3 Å². The van der Waals surface area contributed by atoms with Gasteiger partial charge in [-0.05, 0) is 18.6 Å². The monoisotopic (exact) mass is 280 g/mol. The number of nitrogens with one attached hydrogen (secondary N) is 1. The number of aliphatic hydroxyl groups excluding tert-OH is 1. The number of aromatic nitrogens is 1. The van der Waals surface area contributed by atoms with Crippen molar-refractivity contribution in [3.63, 3.8) is 0 Å². The lowest BCUT2D eigenvalue weighted by atomic mass is 10.2. The molecule has 0 fully saturated rings. The predicted molar refractivity (Wildman–Crippen MR) is 73.1 cm³/mol. The van der Waals surface area contributed by atoms with Gasteiger partial charge in [0.15, 0.2) is 10.8 Å². The van der Waals surface area contributed by atoms with E-state index in [2.05, 4.69) is 10.3 Å². The molecule has 0 aliphatic rings. The Morgan fingerprint density at radius 2 is 2.47 bits per heavy atom. The van der Waals surface area contributed by atoms with Crippen molar-refractivity contribution in [2.24, 2.45) is 0 Å². The van der Waals surface area contributed by atoms with Gasteiger partial charge in [0.1, 0.15) is 5.69 Å². The zero-order valence-electron chi connectivity index (χ0n) is 10.6. The molecule has 0 spiro atoms. The molecule has 2 aromatic rings.